The minimum Gasteiger partial charge on any atom is -0.373 e. The van der Waals surface area contributed by atoms with Crippen molar-refractivity contribution in [3.63, 3.8) is 0 Å². The van der Waals surface area contributed by atoms with E-state index in [0.717, 1.165) is 70.9 Å². The van der Waals surface area contributed by atoms with Crippen molar-refractivity contribution in [2.45, 2.75) is 19.3 Å². The summed E-state index contributed by atoms with van der Waals surface area (Å²) >= 11 is 0. The molecule has 2 aromatic heterocycles. The van der Waals surface area contributed by atoms with Crippen LogP contribution in [0, 0.1) is 6.92 Å². The second kappa shape index (κ2) is 9.35. The molecule has 7 nitrogen and oxygen atoms in total. The predicted molar refractivity (Wildman–Crippen MR) is 136 cm³/mol. The van der Waals surface area contributed by atoms with E-state index >= 15 is 0 Å². The van der Waals surface area contributed by atoms with E-state index < -0.39 is 0 Å². The molecule has 1 aromatic carbocycles. The Balaban J connectivity index is 1.44. The maximum Gasteiger partial charge on any atom is 0.249 e. The number of amides is 1. The van der Waals surface area contributed by atoms with Crippen LogP contribution >= 0.6 is 0 Å². The highest BCUT2D eigenvalue weighted by atomic mass is 16.2. The van der Waals surface area contributed by atoms with Crippen LogP contribution in [0.25, 0.3) is 22.0 Å². The third-order valence-electron chi connectivity index (χ3n) is 6.81. The van der Waals surface area contributed by atoms with Gasteiger partial charge in [-0.05, 0) is 49.7 Å². The van der Waals surface area contributed by atoms with Crippen molar-refractivity contribution in [3.05, 3.63) is 71.8 Å². The van der Waals surface area contributed by atoms with Crippen LogP contribution in [0.4, 0.5) is 5.82 Å². The summed E-state index contributed by atoms with van der Waals surface area (Å²) < 4.78 is 0. The van der Waals surface area contributed by atoms with Crippen molar-refractivity contribution in [2.24, 2.45) is 0 Å². The number of aromatic nitrogens is 3. The molecule has 1 atom stereocenters. The van der Waals surface area contributed by atoms with Gasteiger partial charge >= 0.3 is 0 Å². The first-order valence-electron chi connectivity index (χ1n) is 11.8. The van der Waals surface area contributed by atoms with Crippen LogP contribution in [-0.2, 0) is 4.79 Å². The number of hydrogen-bond acceptors (Lipinski definition) is 6. The van der Waals surface area contributed by atoms with Gasteiger partial charge in [0.2, 0.25) is 5.91 Å². The Kier molecular flexibility index (Phi) is 6.11. The average Bonchev–Trinajstić information content (AvgIpc) is 2.88. The van der Waals surface area contributed by atoms with Crippen LogP contribution in [0.2, 0.25) is 0 Å². The third-order valence-corrected chi connectivity index (χ3v) is 6.81. The van der Waals surface area contributed by atoms with Gasteiger partial charge in [0.25, 0.3) is 0 Å². The van der Waals surface area contributed by atoms with Gasteiger partial charge in [0, 0.05) is 61.9 Å². The second-order valence-corrected chi connectivity index (χ2v) is 9.11. The van der Waals surface area contributed by atoms with Gasteiger partial charge < -0.3 is 15.1 Å². The molecule has 2 aliphatic rings. The third kappa shape index (κ3) is 4.31. The Bertz CT molecular complexity index is 1290. The number of hydrogen-bond donors (Lipinski definition) is 1. The Labute approximate surface area is 200 Å². The molecule has 3 heterocycles. The molecule has 1 amide bonds. The second-order valence-electron chi connectivity index (χ2n) is 9.11. The quantitative estimate of drug-likeness (QED) is 0.647. The summed E-state index contributed by atoms with van der Waals surface area (Å²) in [5.74, 6) is 1.06. The van der Waals surface area contributed by atoms with Crippen LogP contribution in [-0.4, -0.2) is 70.9 Å². The maximum atomic E-state index is 13.2. The molecule has 5 rings (SSSR count). The van der Waals surface area contributed by atoms with Gasteiger partial charge in [-0.2, -0.15) is 0 Å². The molecule has 0 spiro atoms. The number of nitrogens with zero attached hydrogens (tertiary/aromatic N) is 5. The number of rotatable bonds is 4. The molecule has 0 radical (unpaired) electrons. The fraction of sp³-hybridized carbons (Fsp3) is 0.333. The zero-order valence-electron chi connectivity index (χ0n) is 20.0. The molecule has 1 aliphatic carbocycles. The first-order chi connectivity index (χ1) is 16.5. The van der Waals surface area contributed by atoms with E-state index in [2.05, 4.69) is 63.4 Å². The first-order valence-corrected chi connectivity index (χ1v) is 11.8. The van der Waals surface area contributed by atoms with Crippen LogP contribution in [0.1, 0.15) is 23.6 Å². The number of fused-ring (bicyclic) bond motifs is 1. The molecular formula is C27H30N6O. The number of benzene rings is 1. The van der Waals surface area contributed by atoms with E-state index in [9.17, 15) is 4.79 Å². The van der Waals surface area contributed by atoms with Gasteiger partial charge in [0.1, 0.15) is 12.1 Å². The Hall–Kier alpha value is -3.58. The summed E-state index contributed by atoms with van der Waals surface area (Å²) in [5.41, 5.74) is 5.93. The number of carbonyl (C=O) groups excluding carboxylic acids is 1. The molecule has 34 heavy (non-hydrogen) atoms. The summed E-state index contributed by atoms with van der Waals surface area (Å²) in [5, 5.41) is 4.13. The lowest BCUT2D eigenvalue weighted by Crippen LogP contribution is -2.47. The molecule has 174 valence electrons. The maximum absolute atomic E-state index is 13.2. The minimum atomic E-state index is 0.0312. The fourth-order valence-electron chi connectivity index (χ4n) is 4.78. The monoisotopic (exact) mass is 454 g/mol. The molecule has 0 bridgehead atoms. The molecule has 1 aliphatic heterocycles. The van der Waals surface area contributed by atoms with E-state index in [0.29, 0.717) is 6.42 Å². The molecular weight excluding hydrogens is 424 g/mol. The number of aryl methyl sites for hydroxylation is 1. The smallest absolute Gasteiger partial charge is 0.249 e. The van der Waals surface area contributed by atoms with Crippen LogP contribution in [0.3, 0.4) is 0 Å². The number of nitrogens with one attached hydrogen (secondary N) is 1. The van der Waals surface area contributed by atoms with Crippen LogP contribution in [0.15, 0.2) is 60.6 Å². The lowest BCUT2D eigenvalue weighted by atomic mass is 9.88. The zero-order valence-corrected chi connectivity index (χ0v) is 20.0. The van der Waals surface area contributed by atoms with Crippen molar-refractivity contribution < 1.29 is 4.79 Å². The number of allylic oxidation sites excluding steroid dienone is 3. The number of anilines is 1. The average molecular weight is 455 g/mol. The van der Waals surface area contributed by atoms with Gasteiger partial charge in [0.15, 0.2) is 0 Å². The summed E-state index contributed by atoms with van der Waals surface area (Å²) in [4.78, 5) is 31.1. The highest BCUT2D eigenvalue weighted by Crippen LogP contribution is 2.34. The SMILES string of the molecule is CNc1ncc(-c2ccc3ncnc(C4C=CC=C(C(=O)N5CCN(C)CC5)C4)c3c2)cc1C. The van der Waals surface area contributed by atoms with Crippen LogP contribution < -0.4 is 5.32 Å². The summed E-state index contributed by atoms with van der Waals surface area (Å²) in [6.45, 7) is 5.44. The van der Waals surface area contributed by atoms with Crippen LogP contribution in [0.5, 0.6) is 0 Å². The summed E-state index contributed by atoms with van der Waals surface area (Å²) in [7, 11) is 3.98. The normalized spacial score (nSPS) is 18.7. The minimum absolute atomic E-state index is 0.0312. The van der Waals surface area contributed by atoms with Crippen molar-refractivity contribution in [1.82, 2.24) is 24.8 Å². The van der Waals surface area contributed by atoms with Crippen molar-refractivity contribution >= 4 is 22.6 Å². The van der Waals surface area contributed by atoms with E-state index in [1.165, 1.54) is 0 Å². The van der Waals surface area contributed by atoms with Crippen molar-refractivity contribution in [2.75, 3.05) is 45.6 Å². The highest BCUT2D eigenvalue weighted by molar-refractivity contribution is 5.94. The topological polar surface area (TPSA) is 74.2 Å². The number of piperazine rings is 1. The molecule has 1 unspecified atom stereocenters. The van der Waals surface area contributed by atoms with E-state index in [1.807, 2.05) is 36.4 Å². The van der Waals surface area contributed by atoms with Gasteiger partial charge in [-0.15, -0.1) is 0 Å². The van der Waals surface area contributed by atoms with Gasteiger partial charge in [0.05, 0.1) is 11.2 Å². The zero-order chi connectivity index (χ0) is 23.7. The largest absolute Gasteiger partial charge is 0.373 e. The Morgan fingerprint density at radius 1 is 1.06 bits per heavy atom. The highest BCUT2D eigenvalue weighted by Gasteiger charge is 2.26. The van der Waals surface area contributed by atoms with Gasteiger partial charge in [-0.1, -0.05) is 24.3 Å². The molecule has 1 N–H and O–H groups in total. The lowest BCUT2D eigenvalue weighted by Gasteiger charge is -2.33. The molecule has 3 aromatic rings. The molecule has 7 heteroatoms. The Morgan fingerprint density at radius 3 is 2.65 bits per heavy atom. The number of carbonyl (C=O) groups is 1. The molecule has 1 fully saturated rings. The van der Waals surface area contributed by atoms with E-state index in [4.69, 9.17) is 0 Å². The lowest BCUT2D eigenvalue weighted by molar-refractivity contribution is -0.128. The Morgan fingerprint density at radius 2 is 1.88 bits per heavy atom. The van der Waals surface area contributed by atoms with E-state index in [1.54, 1.807) is 6.33 Å². The molecule has 0 saturated carbocycles. The summed E-state index contributed by atoms with van der Waals surface area (Å²) in [6, 6.07) is 8.40. The van der Waals surface area contributed by atoms with Gasteiger partial charge in [-0.25, -0.2) is 15.0 Å². The predicted octanol–water partition coefficient (Wildman–Crippen LogP) is 3.79. The van der Waals surface area contributed by atoms with Gasteiger partial charge in [-0.3, -0.25) is 4.79 Å². The molecule has 1 saturated heterocycles. The van der Waals surface area contributed by atoms with E-state index in [-0.39, 0.29) is 11.8 Å². The number of pyridine rings is 1. The first kappa shape index (κ1) is 22.2. The van der Waals surface area contributed by atoms with Crippen molar-refractivity contribution in [3.8, 4) is 11.1 Å². The fourth-order valence-corrected chi connectivity index (χ4v) is 4.78. The summed E-state index contributed by atoms with van der Waals surface area (Å²) in [6.07, 6.45) is 10.3. The van der Waals surface area contributed by atoms with Crippen molar-refractivity contribution in [1.29, 1.82) is 0 Å². The number of likely N-dealkylation sites (N-methyl/N-ethyl adjacent to an activating group) is 1. The standard InChI is InChI=1S/C27H30N6O/c1-18-13-22(16-29-26(18)28-2)19-7-8-24-23(15-19)25(31-17-30-24)20-5-4-6-21(14-20)27(34)33-11-9-32(3)10-12-33/h4-8,13,15-17,20H,9-12,14H2,1-3H3,(H,28,29).